The first-order valence-electron chi connectivity index (χ1n) is 8.14. The van der Waals surface area contributed by atoms with Gasteiger partial charge in [-0.2, -0.15) is 0 Å². The average Bonchev–Trinajstić information content (AvgIpc) is 2.62. The third kappa shape index (κ3) is 4.46. The van der Waals surface area contributed by atoms with Gasteiger partial charge in [0.05, 0.1) is 11.4 Å². The van der Waals surface area contributed by atoms with E-state index < -0.39 is 5.97 Å². The van der Waals surface area contributed by atoms with Crippen LogP contribution < -0.4 is 9.47 Å². The predicted octanol–water partition coefficient (Wildman–Crippen LogP) is 2.77. The van der Waals surface area contributed by atoms with Gasteiger partial charge in [-0.25, -0.2) is 0 Å². The molecule has 0 atom stereocenters. The van der Waals surface area contributed by atoms with Crippen LogP contribution in [0.15, 0.2) is 42.5 Å². The molecule has 0 bridgehead atoms. The molecule has 0 aliphatic carbocycles. The van der Waals surface area contributed by atoms with E-state index in [4.69, 9.17) is 26.2 Å². The lowest BCUT2D eigenvalue weighted by molar-refractivity contribution is -0.144. The Hall–Kier alpha value is -2.73. The Kier molecular flexibility index (Phi) is 5.63. The van der Waals surface area contributed by atoms with E-state index in [9.17, 15) is 9.59 Å². The van der Waals surface area contributed by atoms with Crippen LogP contribution in [-0.2, 0) is 22.6 Å². The van der Waals surface area contributed by atoms with Crippen LogP contribution in [0.5, 0.6) is 11.5 Å². The molecule has 0 spiro atoms. The Morgan fingerprint density at radius 1 is 1.08 bits per heavy atom. The lowest BCUT2D eigenvalue weighted by Crippen LogP contribution is -2.36. The number of carbonyl (C=O) groups excluding carboxylic acids is 1. The standard InChI is InChI=1S/C19H18ClNO5/c20-15-8-14(9-16-19(15)26-7-6-25-16)10-17(22)21(12-18(23)24)11-13-4-2-1-3-5-13/h1-5,8-9H,6-7,10-12H2,(H,23,24). The molecule has 0 fully saturated rings. The number of carboxylic acid groups (broad SMARTS) is 1. The van der Waals surface area contributed by atoms with Crippen molar-refractivity contribution < 1.29 is 24.2 Å². The smallest absolute Gasteiger partial charge is 0.323 e. The highest BCUT2D eigenvalue weighted by atomic mass is 35.5. The van der Waals surface area contributed by atoms with E-state index >= 15 is 0 Å². The molecule has 1 amide bonds. The second-order valence-electron chi connectivity index (χ2n) is 5.91. The Bertz CT molecular complexity index is 809. The normalized spacial score (nSPS) is 12.5. The van der Waals surface area contributed by atoms with Crippen molar-refractivity contribution in [1.82, 2.24) is 4.90 Å². The van der Waals surface area contributed by atoms with Gasteiger partial charge in [0.2, 0.25) is 5.91 Å². The van der Waals surface area contributed by atoms with Crippen molar-refractivity contribution in [2.45, 2.75) is 13.0 Å². The fraction of sp³-hybridized carbons (Fsp3) is 0.263. The fourth-order valence-corrected chi connectivity index (χ4v) is 3.04. The molecule has 7 heteroatoms. The summed E-state index contributed by atoms with van der Waals surface area (Å²) >= 11 is 6.20. The van der Waals surface area contributed by atoms with Gasteiger partial charge in [0.1, 0.15) is 19.8 Å². The molecular formula is C19H18ClNO5. The van der Waals surface area contributed by atoms with Crippen molar-refractivity contribution >= 4 is 23.5 Å². The summed E-state index contributed by atoms with van der Waals surface area (Å²) in [5, 5.41) is 9.50. The van der Waals surface area contributed by atoms with E-state index in [2.05, 4.69) is 0 Å². The molecule has 136 valence electrons. The number of aliphatic carboxylic acids is 1. The van der Waals surface area contributed by atoms with Crippen LogP contribution in [0.3, 0.4) is 0 Å². The maximum Gasteiger partial charge on any atom is 0.323 e. The zero-order valence-corrected chi connectivity index (χ0v) is 14.7. The molecule has 1 N–H and O–H groups in total. The number of carbonyl (C=O) groups is 2. The Balaban J connectivity index is 1.77. The first kappa shape index (κ1) is 18.1. The van der Waals surface area contributed by atoms with Crippen molar-refractivity contribution in [2.75, 3.05) is 19.8 Å². The number of hydrogen-bond acceptors (Lipinski definition) is 4. The summed E-state index contributed by atoms with van der Waals surface area (Å²) < 4.78 is 11.0. The Labute approximate surface area is 155 Å². The van der Waals surface area contributed by atoms with Crippen LogP contribution in [0.2, 0.25) is 5.02 Å². The maximum atomic E-state index is 12.7. The van der Waals surface area contributed by atoms with Gasteiger partial charge in [-0.1, -0.05) is 41.9 Å². The second-order valence-corrected chi connectivity index (χ2v) is 6.31. The summed E-state index contributed by atoms with van der Waals surface area (Å²) in [7, 11) is 0. The lowest BCUT2D eigenvalue weighted by atomic mass is 10.1. The minimum atomic E-state index is -1.06. The van der Waals surface area contributed by atoms with E-state index in [0.717, 1.165) is 5.56 Å². The van der Waals surface area contributed by atoms with Crippen LogP contribution in [0.4, 0.5) is 0 Å². The quantitative estimate of drug-likeness (QED) is 0.840. The average molecular weight is 376 g/mol. The molecule has 1 aliphatic rings. The molecular weight excluding hydrogens is 358 g/mol. The predicted molar refractivity (Wildman–Crippen MR) is 95.6 cm³/mol. The van der Waals surface area contributed by atoms with E-state index in [1.807, 2.05) is 30.3 Å². The van der Waals surface area contributed by atoms with Gasteiger partial charge >= 0.3 is 5.97 Å². The Morgan fingerprint density at radius 3 is 2.54 bits per heavy atom. The highest BCUT2D eigenvalue weighted by molar-refractivity contribution is 6.32. The third-order valence-corrected chi connectivity index (χ3v) is 4.19. The molecule has 3 rings (SSSR count). The van der Waals surface area contributed by atoms with Crippen molar-refractivity contribution in [3.63, 3.8) is 0 Å². The van der Waals surface area contributed by atoms with Crippen molar-refractivity contribution in [1.29, 1.82) is 0 Å². The highest BCUT2D eigenvalue weighted by Gasteiger charge is 2.21. The second kappa shape index (κ2) is 8.10. The van der Waals surface area contributed by atoms with Gasteiger partial charge in [0.15, 0.2) is 11.5 Å². The molecule has 0 unspecified atom stereocenters. The number of amides is 1. The summed E-state index contributed by atoms with van der Waals surface area (Å²) in [5.41, 5.74) is 1.51. The minimum absolute atomic E-state index is 0.0243. The molecule has 2 aromatic rings. The van der Waals surface area contributed by atoms with Crippen LogP contribution in [0.25, 0.3) is 0 Å². The molecule has 6 nitrogen and oxygen atoms in total. The van der Waals surface area contributed by atoms with E-state index in [-0.39, 0.29) is 25.4 Å². The number of fused-ring (bicyclic) bond motifs is 1. The fourth-order valence-electron chi connectivity index (χ4n) is 2.75. The molecule has 2 aromatic carbocycles. The zero-order valence-electron chi connectivity index (χ0n) is 14.0. The van der Waals surface area contributed by atoms with E-state index in [1.54, 1.807) is 12.1 Å². The van der Waals surface area contributed by atoms with Crippen molar-refractivity contribution in [2.24, 2.45) is 0 Å². The van der Waals surface area contributed by atoms with Crippen LogP contribution in [0.1, 0.15) is 11.1 Å². The van der Waals surface area contributed by atoms with E-state index in [1.165, 1.54) is 4.90 Å². The summed E-state index contributed by atoms with van der Waals surface area (Å²) in [4.78, 5) is 25.1. The first-order chi connectivity index (χ1) is 12.5. The van der Waals surface area contributed by atoms with Gasteiger partial charge in [-0.3, -0.25) is 9.59 Å². The van der Waals surface area contributed by atoms with Gasteiger partial charge in [0.25, 0.3) is 0 Å². The van der Waals surface area contributed by atoms with Crippen molar-refractivity contribution in [3.8, 4) is 11.5 Å². The topological polar surface area (TPSA) is 76.1 Å². The zero-order chi connectivity index (χ0) is 18.5. The summed E-state index contributed by atoms with van der Waals surface area (Å²) in [6.45, 7) is 0.699. The van der Waals surface area contributed by atoms with Gasteiger partial charge < -0.3 is 19.5 Å². The Morgan fingerprint density at radius 2 is 1.81 bits per heavy atom. The lowest BCUT2D eigenvalue weighted by Gasteiger charge is -2.23. The monoisotopic (exact) mass is 375 g/mol. The highest BCUT2D eigenvalue weighted by Crippen LogP contribution is 2.38. The maximum absolute atomic E-state index is 12.7. The van der Waals surface area contributed by atoms with Crippen molar-refractivity contribution in [3.05, 3.63) is 58.6 Å². The molecule has 0 saturated carbocycles. The van der Waals surface area contributed by atoms with E-state index in [0.29, 0.717) is 35.3 Å². The number of hydrogen-bond donors (Lipinski definition) is 1. The number of halogens is 1. The molecule has 0 radical (unpaired) electrons. The van der Waals surface area contributed by atoms with Gasteiger partial charge in [-0.15, -0.1) is 0 Å². The van der Waals surface area contributed by atoms with Gasteiger partial charge in [-0.05, 0) is 23.3 Å². The summed E-state index contributed by atoms with van der Waals surface area (Å²) in [6.07, 6.45) is 0.0243. The largest absolute Gasteiger partial charge is 0.486 e. The van der Waals surface area contributed by atoms with Crippen LogP contribution in [0, 0.1) is 0 Å². The van der Waals surface area contributed by atoms with Gasteiger partial charge in [0, 0.05) is 6.54 Å². The number of nitrogens with zero attached hydrogens (tertiary/aromatic N) is 1. The number of benzene rings is 2. The minimum Gasteiger partial charge on any atom is -0.486 e. The molecule has 26 heavy (non-hydrogen) atoms. The molecule has 1 aliphatic heterocycles. The molecule has 0 aromatic heterocycles. The SMILES string of the molecule is O=C(O)CN(Cc1ccccc1)C(=O)Cc1cc(Cl)c2c(c1)OCCO2. The number of rotatable bonds is 6. The number of ether oxygens (including phenoxy) is 2. The summed E-state index contributed by atoms with van der Waals surface area (Å²) in [6, 6.07) is 12.6. The first-order valence-corrected chi connectivity index (χ1v) is 8.52. The molecule has 1 heterocycles. The third-order valence-electron chi connectivity index (χ3n) is 3.91. The number of carboxylic acids is 1. The molecule has 0 saturated heterocycles. The van der Waals surface area contributed by atoms with Crippen LogP contribution >= 0.6 is 11.6 Å². The summed E-state index contributed by atoms with van der Waals surface area (Å²) in [5.74, 6) is -0.390. The van der Waals surface area contributed by atoms with Crippen LogP contribution in [-0.4, -0.2) is 41.6 Å².